The lowest BCUT2D eigenvalue weighted by molar-refractivity contribution is -0.113. The van der Waals surface area contributed by atoms with Crippen LogP contribution in [0.4, 0.5) is 5.69 Å². The molecule has 1 aromatic carbocycles. The molecule has 1 saturated carbocycles. The van der Waals surface area contributed by atoms with Gasteiger partial charge >= 0.3 is 0 Å². The van der Waals surface area contributed by atoms with E-state index in [0.717, 1.165) is 33.9 Å². The molecular formula is C21H21N3O2S2. The lowest BCUT2D eigenvalue weighted by Crippen LogP contribution is -2.14. The van der Waals surface area contributed by atoms with Crippen molar-refractivity contribution in [1.29, 1.82) is 0 Å². The van der Waals surface area contributed by atoms with Crippen LogP contribution < -0.4 is 5.32 Å². The summed E-state index contributed by atoms with van der Waals surface area (Å²) >= 11 is 3.15. The van der Waals surface area contributed by atoms with Crippen LogP contribution in [0.3, 0.4) is 0 Å². The molecule has 1 amide bonds. The molecule has 1 N–H and O–H groups in total. The van der Waals surface area contributed by atoms with Crippen LogP contribution in [-0.2, 0) is 4.79 Å². The summed E-state index contributed by atoms with van der Waals surface area (Å²) in [6.07, 6.45) is 2.29. The number of hydrogen-bond acceptors (Lipinski definition) is 6. The zero-order valence-electron chi connectivity index (χ0n) is 16.0. The molecule has 28 heavy (non-hydrogen) atoms. The van der Waals surface area contributed by atoms with Gasteiger partial charge in [0.1, 0.15) is 15.7 Å². The number of ketones is 1. The zero-order valence-corrected chi connectivity index (χ0v) is 17.7. The van der Waals surface area contributed by atoms with E-state index >= 15 is 0 Å². The molecule has 1 aliphatic rings. The maximum atomic E-state index is 12.5. The molecule has 0 radical (unpaired) electrons. The first-order valence-corrected chi connectivity index (χ1v) is 11.0. The molecule has 0 atom stereocenters. The molecule has 0 aliphatic heterocycles. The smallest absolute Gasteiger partial charge is 0.234 e. The minimum Gasteiger partial charge on any atom is -0.325 e. The highest BCUT2D eigenvalue weighted by Crippen LogP contribution is 2.42. The van der Waals surface area contributed by atoms with Gasteiger partial charge in [0, 0.05) is 27.4 Å². The highest BCUT2D eigenvalue weighted by Gasteiger charge is 2.28. The minimum atomic E-state index is -0.116. The van der Waals surface area contributed by atoms with Gasteiger partial charge in [0.25, 0.3) is 0 Å². The van der Waals surface area contributed by atoms with Crippen molar-refractivity contribution in [2.75, 3.05) is 11.1 Å². The predicted molar refractivity (Wildman–Crippen MR) is 115 cm³/mol. The van der Waals surface area contributed by atoms with Gasteiger partial charge in [-0.1, -0.05) is 23.9 Å². The molecule has 7 heteroatoms. The molecule has 0 bridgehead atoms. The molecule has 0 saturated heterocycles. The molecule has 144 valence electrons. The van der Waals surface area contributed by atoms with Crippen molar-refractivity contribution in [1.82, 2.24) is 9.97 Å². The van der Waals surface area contributed by atoms with Crippen LogP contribution in [0.1, 0.15) is 52.3 Å². The average molecular weight is 412 g/mol. The summed E-state index contributed by atoms with van der Waals surface area (Å²) in [5.74, 6) is 1.50. The predicted octanol–water partition coefficient (Wildman–Crippen LogP) is 5.12. The highest BCUT2D eigenvalue weighted by molar-refractivity contribution is 8.00. The number of Topliss-reactive ketones (excluding diaryl/α,β-unsaturated/α-hetero) is 1. The number of aryl methyl sites for hydroxylation is 2. The molecule has 0 unspecified atom stereocenters. The van der Waals surface area contributed by atoms with Crippen LogP contribution in [0.2, 0.25) is 0 Å². The van der Waals surface area contributed by atoms with E-state index in [-0.39, 0.29) is 17.4 Å². The van der Waals surface area contributed by atoms with Gasteiger partial charge in [-0.3, -0.25) is 9.59 Å². The number of carbonyl (C=O) groups excluding carboxylic acids is 2. The summed E-state index contributed by atoms with van der Waals surface area (Å²) in [4.78, 5) is 35.8. The van der Waals surface area contributed by atoms with E-state index in [4.69, 9.17) is 9.97 Å². The summed E-state index contributed by atoms with van der Waals surface area (Å²) in [6, 6.07) is 7.00. The number of nitrogens with zero attached hydrogens (tertiary/aromatic N) is 2. The number of nitrogens with one attached hydrogen (secondary N) is 1. The normalized spacial score (nSPS) is 13.7. The topological polar surface area (TPSA) is 72.0 Å². The lowest BCUT2D eigenvalue weighted by atomic mass is 10.1. The molecule has 2 heterocycles. The number of benzene rings is 1. The van der Waals surface area contributed by atoms with E-state index < -0.39 is 0 Å². The molecule has 1 aliphatic carbocycles. The van der Waals surface area contributed by atoms with Crippen LogP contribution in [0.15, 0.2) is 29.3 Å². The second-order valence-electron chi connectivity index (χ2n) is 7.10. The lowest BCUT2D eigenvalue weighted by Gasteiger charge is -2.08. The fraction of sp³-hybridized carbons (Fsp3) is 0.333. The van der Waals surface area contributed by atoms with Gasteiger partial charge in [-0.05, 0) is 51.3 Å². The largest absolute Gasteiger partial charge is 0.325 e. The van der Waals surface area contributed by atoms with Crippen LogP contribution in [0.5, 0.6) is 0 Å². The van der Waals surface area contributed by atoms with Crippen molar-refractivity contribution in [3.63, 3.8) is 0 Å². The number of thiophene rings is 1. The third kappa shape index (κ3) is 3.95. The van der Waals surface area contributed by atoms with E-state index in [2.05, 4.69) is 19.2 Å². The van der Waals surface area contributed by atoms with E-state index in [1.165, 1.54) is 29.1 Å². The van der Waals surface area contributed by atoms with Gasteiger partial charge in [-0.25, -0.2) is 9.97 Å². The average Bonchev–Trinajstić information content (AvgIpc) is 3.47. The van der Waals surface area contributed by atoms with E-state index in [9.17, 15) is 9.59 Å². The number of anilines is 1. The molecule has 5 nitrogen and oxygen atoms in total. The fourth-order valence-electron chi connectivity index (χ4n) is 3.00. The highest BCUT2D eigenvalue weighted by atomic mass is 32.2. The van der Waals surface area contributed by atoms with Crippen molar-refractivity contribution < 1.29 is 9.59 Å². The van der Waals surface area contributed by atoms with Gasteiger partial charge in [0.05, 0.1) is 5.75 Å². The molecule has 1 fully saturated rings. The first-order chi connectivity index (χ1) is 13.4. The summed E-state index contributed by atoms with van der Waals surface area (Å²) in [6.45, 7) is 5.70. The Bertz CT molecular complexity index is 1090. The van der Waals surface area contributed by atoms with E-state index in [1.807, 2.05) is 0 Å². The molecular weight excluding hydrogens is 390 g/mol. The molecule has 0 spiro atoms. The number of thioether (sulfide) groups is 1. The third-order valence-electron chi connectivity index (χ3n) is 4.85. The van der Waals surface area contributed by atoms with Gasteiger partial charge in [0.2, 0.25) is 5.91 Å². The second-order valence-corrected chi connectivity index (χ2v) is 9.27. The Kier molecular flexibility index (Phi) is 5.21. The van der Waals surface area contributed by atoms with Crippen LogP contribution >= 0.6 is 23.1 Å². The third-order valence-corrected chi connectivity index (χ3v) is 6.92. The maximum absolute atomic E-state index is 12.5. The van der Waals surface area contributed by atoms with Crippen LogP contribution in [0.25, 0.3) is 10.2 Å². The Morgan fingerprint density at radius 1 is 1.25 bits per heavy atom. The quantitative estimate of drug-likeness (QED) is 0.346. The SMILES string of the molecule is CC(=O)c1cccc(NC(=O)CSc2nc(C3CC3)nc3sc(C)c(C)c23)c1. The Morgan fingerprint density at radius 2 is 2.04 bits per heavy atom. The Labute approximate surface area is 172 Å². The number of hydrogen-bond donors (Lipinski definition) is 1. The zero-order chi connectivity index (χ0) is 19.8. The minimum absolute atomic E-state index is 0.0234. The molecule has 4 rings (SSSR count). The van der Waals surface area contributed by atoms with Crippen molar-refractivity contribution >= 4 is 50.7 Å². The number of fused-ring (bicyclic) bond motifs is 1. The second kappa shape index (κ2) is 7.64. The number of carbonyl (C=O) groups is 2. The Morgan fingerprint density at radius 3 is 2.75 bits per heavy atom. The fourth-order valence-corrected chi connectivity index (χ4v) is 5.00. The van der Waals surface area contributed by atoms with E-state index in [1.54, 1.807) is 35.6 Å². The number of aromatic nitrogens is 2. The number of amides is 1. The summed E-state index contributed by atoms with van der Waals surface area (Å²) in [5, 5.41) is 4.83. The first kappa shape index (κ1) is 19.1. The standard InChI is InChI=1S/C21H21N3O2S2/c1-11-13(3)28-21-18(11)20(23-19(24-21)14-7-8-14)27-10-17(26)22-16-6-4-5-15(9-16)12(2)25/h4-6,9,14H,7-8,10H2,1-3H3,(H,22,26). The molecule has 3 aromatic rings. The Balaban J connectivity index is 1.52. The maximum Gasteiger partial charge on any atom is 0.234 e. The summed E-state index contributed by atoms with van der Waals surface area (Å²) < 4.78 is 0. The van der Waals surface area contributed by atoms with Gasteiger partial charge < -0.3 is 5.32 Å². The molecule has 2 aromatic heterocycles. The number of rotatable bonds is 6. The van der Waals surface area contributed by atoms with Gasteiger partial charge in [-0.15, -0.1) is 11.3 Å². The Hall–Kier alpha value is -2.25. The first-order valence-electron chi connectivity index (χ1n) is 9.23. The van der Waals surface area contributed by atoms with Gasteiger partial charge in [-0.2, -0.15) is 0 Å². The van der Waals surface area contributed by atoms with Crippen LogP contribution in [-0.4, -0.2) is 27.4 Å². The van der Waals surface area contributed by atoms with E-state index in [0.29, 0.717) is 17.2 Å². The summed E-state index contributed by atoms with van der Waals surface area (Å²) in [7, 11) is 0. The van der Waals surface area contributed by atoms with Gasteiger partial charge in [0.15, 0.2) is 5.78 Å². The monoisotopic (exact) mass is 411 g/mol. The van der Waals surface area contributed by atoms with Crippen molar-refractivity contribution in [2.45, 2.75) is 44.6 Å². The van der Waals surface area contributed by atoms with Crippen molar-refractivity contribution in [3.05, 3.63) is 46.1 Å². The van der Waals surface area contributed by atoms with Crippen molar-refractivity contribution in [2.24, 2.45) is 0 Å². The van der Waals surface area contributed by atoms with Crippen LogP contribution in [0, 0.1) is 13.8 Å². The van der Waals surface area contributed by atoms with Crippen molar-refractivity contribution in [3.8, 4) is 0 Å². The summed E-state index contributed by atoms with van der Waals surface area (Å²) in [5.41, 5.74) is 2.41.